The minimum atomic E-state index is 0.00804. The standard InChI is InChI=1S/C16H29N3O2/c1-2-3-9-18-15(20)13-7-11-19(12-8-13)16(21)14-6-4-5-10-17-14/h13-14,17H,2-12H2,1H3,(H,18,20)/t14-/m0/s1. The highest BCUT2D eigenvalue weighted by Crippen LogP contribution is 2.19. The van der Waals surface area contributed by atoms with Crippen LogP contribution in [-0.4, -0.2) is 48.9 Å². The van der Waals surface area contributed by atoms with Gasteiger partial charge >= 0.3 is 0 Å². The van der Waals surface area contributed by atoms with Crippen molar-refractivity contribution in [3.8, 4) is 0 Å². The molecule has 1 atom stereocenters. The highest BCUT2D eigenvalue weighted by molar-refractivity contribution is 5.83. The summed E-state index contributed by atoms with van der Waals surface area (Å²) < 4.78 is 0. The van der Waals surface area contributed by atoms with Crippen molar-refractivity contribution >= 4 is 11.8 Å². The third-order valence-electron chi connectivity index (χ3n) is 4.62. The van der Waals surface area contributed by atoms with Crippen LogP contribution in [0.3, 0.4) is 0 Å². The van der Waals surface area contributed by atoms with Gasteiger partial charge in [0.25, 0.3) is 0 Å². The fraction of sp³-hybridized carbons (Fsp3) is 0.875. The molecule has 0 aliphatic carbocycles. The molecular weight excluding hydrogens is 266 g/mol. The van der Waals surface area contributed by atoms with Crippen LogP contribution in [0.5, 0.6) is 0 Å². The number of nitrogens with zero attached hydrogens (tertiary/aromatic N) is 1. The smallest absolute Gasteiger partial charge is 0.239 e. The summed E-state index contributed by atoms with van der Waals surface area (Å²) >= 11 is 0. The zero-order valence-corrected chi connectivity index (χ0v) is 13.2. The summed E-state index contributed by atoms with van der Waals surface area (Å²) in [6.45, 7) is 5.30. The van der Waals surface area contributed by atoms with Crippen molar-refractivity contribution in [3.63, 3.8) is 0 Å². The molecule has 2 heterocycles. The second-order valence-electron chi connectivity index (χ2n) is 6.25. The third-order valence-corrected chi connectivity index (χ3v) is 4.62. The van der Waals surface area contributed by atoms with Crippen LogP contribution in [-0.2, 0) is 9.59 Å². The molecule has 0 bridgehead atoms. The Bertz CT molecular complexity index is 345. The van der Waals surface area contributed by atoms with Gasteiger partial charge in [-0.05, 0) is 38.6 Å². The molecule has 0 radical (unpaired) electrons. The van der Waals surface area contributed by atoms with Crippen LogP contribution in [0.1, 0.15) is 51.9 Å². The van der Waals surface area contributed by atoms with E-state index in [0.29, 0.717) is 0 Å². The lowest BCUT2D eigenvalue weighted by Gasteiger charge is -2.35. The first kappa shape index (κ1) is 16.3. The second-order valence-corrected chi connectivity index (χ2v) is 6.25. The van der Waals surface area contributed by atoms with Crippen molar-refractivity contribution in [2.24, 2.45) is 5.92 Å². The van der Waals surface area contributed by atoms with Gasteiger partial charge in [0, 0.05) is 25.6 Å². The SMILES string of the molecule is CCCCNC(=O)C1CCN(C(=O)[C@@H]2CCCCN2)CC1. The molecule has 2 aliphatic rings. The van der Waals surface area contributed by atoms with E-state index in [-0.39, 0.29) is 23.8 Å². The Labute approximate surface area is 127 Å². The van der Waals surface area contributed by atoms with Gasteiger partial charge in [0.05, 0.1) is 6.04 Å². The predicted molar refractivity (Wildman–Crippen MR) is 82.9 cm³/mol. The summed E-state index contributed by atoms with van der Waals surface area (Å²) in [6.07, 6.45) is 7.00. The van der Waals surface area contributed by atoms with Gasteiger partial charge in [0.15, 0.2) is 0 Å². The molecule has 0 aromatic rings. The van der Waals surface area contributed by atoms with Gasteiger partial charge in [-0.2, -0.15) is 0 Å². The first-order valence-electron chi connectivity index (χ1n) is 8.52. The van der Waals surface area contributed by atoms with Gasteiger partial charge in [-0.15, -0.1) is 0 Å². The zero-order valence-electron chi connectivity index (χ0n) is 13.2. The lowest BCUT2D eigenvalue weighted by Crippen LogP contribution is -2.51. The van der Waals surface area contributed by atoms with Crippen LogP contribution in [0, 0.1) is 5.92 Å². The fourth-order valence-corrected chi connectivity index (χ4v) is 3.18. The topological polar surface area (TPSA) is 61.4 Å². The van der Waals surface area contributed by atoms with Crippen LogP contribution < -0.4 is 10.6 Å². The van der Waals surface area contributed by atoms with Crippen LogP contribution in [0.4, 0.5) is 0 Å². The summed E-state index contributed by atoms with van der Waals surface area (Å²) in [7, 11) is 0. The number of hydrogen-bond acceptors (Lipinski definition) is 3. The van der Waals surface area contributed by atoms with Crippen LogP contribution in [0.15, 0.2) is 0 Å². The highest BCUT2D eigenvalue weighted by Gasteiger charge is 2.31. The Balaban J connectivity index is 1.72. The molecule has 2 amide bonds. The Morgan fingerprint density at radius 2 is 1.95 bits per heavy atom. The number of amides is 2. The van der Waals surface area contributed by atoms with Gasteiger partial charge in [-0.3, -0.25) is 9.59 Å². The van der Waals surface area contributed by atoms with Crippen LogP contribution in [0.25, 0.3) is 0 Å². The summed E-state index contributed by atoms with van der Waals surface area (Å²) in [5.74, 6) is 0.496. The maximum Gasteiger partial charge on any atom is 0.239 e. The molecule has 0 unspecified atom stereocenters. The predicted octanol–water partition coefficient (Wildman–Crippen LogP) is 1.28. The Morgan fingerprint density at radius 3 is 2.57 bits per heavy atom. The largest absolute Gasteiger partial charge is 0.356 e. The summed E-state index contributed by atoms with van der Waals surface area (Å²) in [5.41, 5.74) is 0. The first-order valence-corrected chi connectivity index (χ1v) is 8.52. The molecule has 2 aliphatic heterocycles. The monoisotopic (exact) mass is 295 g/mol. The first-order chi connectivity index (χ1) is 10.2. The van der Waals surface area contributed by atoms with E-state index in [1.165, 1.54) is 6.42 Å². The zero-order chi connectivity index (χ0) is 15.1. The third kappa shape index (κ3) is 4.70. The maximum absolute atomic E-state index is 12.4. The number of unbranched alkanes of at least 4 members (excludes halogenated alkanes) is 1. The van der Waals surface area contributed by atoms with Crippen molar-refractivity contribution in [3.05, 3.63) is 0 Å². The number of rotatable bonds is 5. The van der Waals surface area contributed by atoms with Gasteiger partial charge in [0.1, 0.15) is 0 Å². The summed E-state index contributed by atoms with van der Waals surface area (Å²) in [5, 5.41) is 6.32. The average Bonchev–Trinajstić information content (AvgIpc) is 2.55. The van der Waals surface area contributed by atoms with Crippen LogP contribution >= 0.6 is 0 Å². The highest BCUT2D eigenvalue weighted by atomic mass is 16.2. The van der Waals surface area contributed by atoms with E-state index in [1.54, 1.807) is 0 Å². The number of carbonyl (C=O) groups excluding carboxylic acids is 2. The van der Waals surface area contributed by atoms with Crippen molar-refractivity contribution in [2.75, 3.05) is 26.2 Å². The molecule has 2 N–H and O–H groups in total. The van der Waals surface area contributed by atoms with Crippen molar-refractivity contribution < 1.29 is 9.59 Å². The molecule has 0 aromatic carbocycles. The lowest BCUT2D eigenvalue weighted by molar-refractivity contribution is -0.137. The molecule has 21 heavy (non-hydrogen) atoms. The second kappa shape index (κ2) is 8.37. The normalized spacial score (nSPS) is 23.9. The average molecular weight is 295 g/mol. The van der Waals surface area contributed by atoms with Crippen molar-refractivity contribution in [1.82, 2.24) is 15.5 Å². The number of nitrogens with one attached hydrogen (secondary N) is 2. The lowest BCUT2D eigenvalue weighted by atomic mass is 9.94. The molecule has 120 valence electrons. The van der Waals surface area contributed by atoms with E-state index < -0.39 is 0 Å². The maximum atomic E-state index is 12.4. The van der Waals surface area contributed by atoms with E-state index in [4.69, 9.17) is 0 Å². The number of piperidine rings is 2. The molecule has 0 spiro atoms. The van der Waals surface area contributed by atoms with Gasteiger partial charge in [0.2, 0.25) is 11.8 Å². The molecule has 0 aromatic heterocycles. The van der Waals surface area contributed by atoms with E-state index >= 15 is 0 Å². The fourth-order valence-electron chi connectivity index (χ4n) is 3.18. The summed E-state index contributed by atoms with van der Waals surface area (Å²) in [6, 6.07) is 0.00804. The van der Waals surface area contributed by atoms with E-state index in [2.05, 4.69) is 17.6 Å². The Hall–Kier alpha value is -1.10. The van der Waals surface area contributed by atoms with E-state index in [9.17, 15) is 9.59 Å². The minimum Gasteiger partial charge on any atom is -0.356 e. The Kier molecular flexibility index (Phi) is 6.49. The molecule has 5 nitrogen and oxygen atoms in total. The molecule has 2 rings (SSSR count). The molecule has 2 fully saturated rings. The Morgan fingerprint density at radius 1 is 1.19 bits per heavy atom. The molecule has 5 heteroatoms. The van der Waals surface area contributed by atoms with Crippen molar-refractivity contribution in [2.45, 2.75) is 57.9 Å². The minimum absolute atomic E-state index is 0.00804. The van der Waals surface area contributed by atoms with Gasteiger partial charge in [-0.25, -0.2) is 0 Å². The number of likely N-dealkylation sites (tertiary alicyclic amines) is 1. The van der Waals surface area contributed by atoms with Crippen LogP contribution in [0.2, 0.25) is 0 Å². The van der Waals surface area contributed by atoms with Gasteiger partial charge in [-0.1, -0.05) is 19.8 Å². The molecule has 2 saturated heterocycles. The van der Waals surface area contributed by atoms with E-state index in [0.717, 1.165) is 64.7 Å². The summed E-state index contributed by atoms with van der Waals surface area (Å²) in [4.78, 5) is 26.4. The molecule has 0 saturated carbocycles. The van der Waals surface area contributed by atoms with E-state index in [1.807, 2.05) is 4.90 Å². The quantitative estimate of drug-likeness (QED) is 0.751. The molecular formula is C16H29N3O2. The number of hydrogen-bond donors (Lipinski definition) is 2. The number of carbonyl (C=O) groups is 2. The van der Waals surface area contributed by atoms with Gasteiger partial charge < -0.3 is 15.5 Å². The van der Waals surface area contributed by atoms with Crippen molar-refractivity contribution in [1.29, 1.82) is 0 Å².